The van der Waals surface area contributed by atoms with Gasteiger partial charge in [0.15, 0.2) is 0 Å². The van der Waals surface area contributed by atoms with Crippen LogP contribution in [0.1, 0.15) is 45.1 Å². The molecule has 0 saturated heterocycles. The van der Waals surface area contributed by atoms with Gasteiger partial charge in [-0.2, -0.15) is 0 Å². The summed E-state index contributed by atoms with van der Waals surface area (Å²) >= 11 is 0. The molecule has 0 spiro atoms. The number of hydrogen-bond acceptors (Lipinski definition) is 5. The second-order valence-electron chi connectivity index (χ2n) is 7.19. The maximum Gasteiger partial charge on any atom is 0.305 e. The Morgan fingerprint density at radius 1 is 0.833 bits per heavy atom. The lowest BCUT2D eigenvalue weighted by atomic mass is 9.74. The number of hydrogen-bond donors (Lipinski definition) is 0. The van der Waals surface area contributed by atoms with E-state index in [-0.39, 0.29) is 56.7 Å². The van der Waals surface area contributed by atoms with Gasteiger partial charge in [0.1, 0.15) is 0 Å². The molecule has 0 aliphatic carbocycles. The van der Waals surface area contributed by atoms with E-state index in [2.05, 4.69) is 0 Å². The maximum atomic E-state index is 13.8. The van der Waals surface area contributed by atoms with Crippen LogP contribution in [0.25, 0.3) is 0 Å². The Kier molecular flexibility index (Phi) is 6.87. The van der Waals surface area contributed by atoms with Crippen LogP contribution >= 0.6 is 0 Å². The molecule has 3 rings (SSSR count). The molecule has 1 heterocycles. The van der Waals surface area contributed by atoms with Crippen LogP contribution < -0.4 is 4.90 Å². The van der Waals surface area contributed by atoms with Gasteiger partial charge in [0.25, 0.3) is 0 Å². The zero-order valence-electron chi connectivity index (χ0n) is 17.4. The zero-order valence-corrected chi connectivity index (χ0v) is 17.4. The van der Waals surface area contributed by atoms with Gasteiger partial charge < -0.3 is 9.47 Å². The van der Waals surface area contributed by atoms with E-state index in [1.165, 1.54) is 0 Å². The fourth-order valence-corrected chi connectivity index (χ4v) is 4.05. The first-order valence-corrected chi connectivity index (χ1v) is 10.3. The molecule has 30 heavy (non-hydrogen) atoms. The average molecular weight is 409 g/mol. The minimum atomic E-state index is -0.994. The molecular weight excluding hydrogens is 382 g/mol. The van der Waals surface area contributed by atoms with E-state index in [0.29, 0.717) is 0 Å². The van der Waals surface area contributed by atoms with Crippen LogP contribution in [0.5, 0.6) is 0 Å². The highest BCUT2D eigenvalue weighted by atomic mass is 16.5. The monoisotopic (exact) mass is 409 g/mol. The predicted molar refractivity (Wildman–Crippen MR) is 113 cm³/mol. The van der Waals surface area contributed by atoms with Crippen LogP contribution in [0.3, 0.4) is 0 Å². The standard InChI is InChI=1S/C24H27NO5/c1-3-29-21(26)14-16-24(17-15-22(27)30-4-2)19-12-8-9-13-20(19)25(23(24)28)18-10-6-5-7-11-18/h5-13H,3-4,14-17H2,1-2H3. The molecule has 0 atom stereocenters. The highest BCUT2D eigenvalue weighted by Gasteiger charge is 2.51. The highest BCUT2D eigenvalue weighted by Crippen LogP contribution is 2.50. The molecule has 158 valence electrons. The summed E-state index contributed by atoms with van der Waals surface area (Å²) < 4.78 is 10.2. The van der Waals surface area contributed by atoms with Crippen molar-refractivity contribution in [3.05, 3.63) is 60.2 Å². The molecule has 0 radical (unpaired) electrons. The van der Waals surface area contributed by atoms with Crippen LogP contribution in [0, 0.1) is 0 Å². The fourth-order valence-electron chi connectivity index (χ4n) is 4.05. The first-order chi connectivity index (χ1) is 14.5. The lowest BCUT2D eigenvalue weighted by Crippen LogP contribution is -2.39. The van der Waals surface area contributed by atoms with Crippen LogP contribution in [-0.2, 0) is 29.3 Å². The van der Waals surface area contributed by atoms with Gasteiger partial charge >= 0.3 is 11.9 Å². The average Bonchev–Trinajstić information content (AvgIpc) is 3.00. The van der Waals surface area contributed by atoms with Gasteiger partial charge in [-0.1, -0.05) is 36.4 Å². The SMILES string of the molecule is CCOC(=O)CCC1(CCC(=O)OCC)C(=O)N(c2ccccc2)c2ccccc21. The molecule has 0 unspecified atom stereocenters. The molecule has 0 aromatic heterocycles. The van der Waals surface area contributed by atoms with Crippen molar-refractivity contribution in [2.75, 3.05) is 18.1 Å². The van der Waals surface area contributed by atoms with E-state index >= 15 is 0 Å². The van der Waals surface area contributed by atoms with Crippen molar-refractivity contribution in [1.29, 1.82) is 0 Å². The largest absolute Gasteiger partial charge is 0.466 e. The van der Waals surface area contributed by atoms with Gasteiger partial charge in [0.2, 0.25) is 5.91 Å². The molecule has 1 amide bonds. The summed E-state index contributed by atoms with van der Waals surface area (Å²) in [6.45, 7) is 4.08. The van der Waals surface area contributed by atoms with E-state index in [9.17, 15) is 14.4 Å². The number of esters is 2. The molecule has 1 aliphatic heterocycles. The van der Waals surface area contributed by atoms with Gasteiger partial charge in [0, 0.05) is 18.5 Å². The Morgan fingerprint density at radius 3 is 1.93 bits per heavy atom. The molecule has 0 N–H and O–H groups in total. The van der Waals surface area contributed by atoms with Crippen LogP contribution in [0.2, 0.25) is 0 Å². The quantitative estimate of drug-likeness (QED) is 0.578. The number of carbonyl (C=O) groups is 3. The van der Waals surface area contributed by atoms with Crippen LogP contribution in [0.15, 0.2) is 54.6 Å². The molecule has 0 saturated carbocycles. The molecule has 0 bridgehead atoms. The molecular formula is C24H27NO5. The Labute approximate surface area is 176 Å². The lowest BCUT2D eigenvalue weighted by molar-refractivity contribution is -0.143. The summed E-state index contributed by atoms with van der Waals surface area (Å²) in [7, 11) is 0. The molecule has 2 aromatic rings. The van der Waals surface area contributed by atoms with E-state index in [1.54, 1.807) is 18.7 Å². The number of ether oxygens (including phenoxy) is 2. The lowest BCUT2D eigenvalue weighted by Gasteiger charge is -2.28. The second-order valence-corrected chi connectivity index (χ2v) is 7.19. The van der Waals surface area contributed by atoms with Crippen molar-refractivity contribution < 1.29 is 23.9 Å². The van der Waals surface area contributed by atoms with E-state index < -0.39 is 5.41 Å². The number of nitrogens with zero attached hydrogens (tertiary/aromatic N) is 1. The Balaban J connectivity index is 2.02. The molecule has 6 heteroatoms. The summed E-state index contributed by atoms with van der Waals surface area (Å²) in [5.74, 6) is -0.837. The first-order valence-electron chi connectivity index (χ1n) is 10.3. The highest BCUT2D eigenvalue weighted by molar-refractivity contribution is 6.13. The first kappa shape index (κ1) is 21.6. The topological polar surface area (TPSA) is 72.9 Å². The molecule has 0 fully saturated rings. The smallest absolute Gasteiger partial charge is 0.305 e. The predicted octanol–water partition coefficient (Wildman–Crippen LogP) is 4.29. The van der Waals surface area contributed by atoms with Gasteiger partial charge in [-0.05, 0) is 50.5 Å². The maximum absolute atomic E-state index is 13.8. The van der Waals surface area contributed by atoms with E-state index in [1.807, 2.05) is 54.6 Å². The van der Waals surface area contributed by atoms with Gasteiger partial charge in [-0.3, -0.25) is 19.3 Å². The summed E-state index contributed by atoms with van der Waals surface area (Å²) in [5, 5.41) is 0. The zero-order chi connectivity index (χ0) is 21.6. The third-order valence-corrected chi connectivity index (χ3v) is 5.41. The fraction of sp³-hybridized carbons (Fsp3) is 0.375. The number of carbonyl (C=O) groups excluding carboxylic acids is 3. The third-order valence-electron chi connectivity index (χ3n) is 5.41. The van der Waals surface area contributed by atoms with Crippen molar-refractivity contribution in [2.45, 2.75) is 44.9 Å². The van der Waals surface area contributed by atoms with Crippen molar-refractivity contribution >= 4 is 29.2 Å². The summed E-state index contributed by atoms with van der Waals surface area (Å²) in [6, 6.07) is 17.0. The summed E-state index contributed by atoms with van der Waals surface area (Å²) in [6.07, 6.45) is 0.730. The van der Waals surface area contributed by atoms with Crippen LogP contribution in [-0.4, -0.2) is 31.1 Å². The molecule has 6 nitrogen and oxygen atoms in total. The molecule has 2 aromatic carbocycles. The number of fused-ring (bicyclic) bond motifs is 1. The van der Waals surface area contributed by atoms with Crippen LogP contribution in [0.4, 0.5) is 11.4 Å². The van der Waals surface area contributed by atoms with Crippen molar-refractivity contribution in [3.63, 3.8) is 0 Å². The van der Waals surface area contributed by atoms with Crippen molar-refractivity contribution in [2.24, 2.45) is 0 Å². The van der Waals surface area contributed by atoms with Gasteiger partial charge in [-0.25, -0.2) is 0 Å². The number of para-hydroxylation sites is 2. The number of amides is 1. The second kappa shape index (κ2) is 9.57. The Hall–Kier alpha value is -3.15. The van der Waals surface area contributed by atoms with Gasteiger partial charge in [-0.15, -0.1) is 0 Å². The third kappa shape index (κ3) is 4.22. The summed E-state index contributed by atoms with van der Waals surface area (Å²) in [4.78, 5) is 39.8. The van der Waals surface area contributed by atoms with E-state index in [0.717, 1.165) is 16.9 Å². The number of benzene rings is 2. The molecule has 1 aliphatic rings. The Morgan fingerprint density at radius 2 is 1.37 bits per heavy atom. The van der Waals surface area contributed by atoms with E-state index in [4.69, 9.17) is 9.47 Å². The Bertz CT molecular complexity index is 887. The van der Waals surface area contributed by atoms with Crippen molar-refractivity contribution in [3.8, 4) is 0 Å². The minimum absolute atomic E-state index is 0.0966. The number of rotatable bonds is 9. The van der Waals surface area contributed by atoms with Gasteiger partial charge in [0.05, 0.1) is 24.3 Å². The summed E-state index contributed by atoms with van der Waals surface area (Å²) in [5.41, 5.74) is 1.37. The number of anilines is 2. The normalized spacial score (nSPS) is 14.3. The van der Waals surface area contributed by atoms with Crippen molar-refractivity contribution in [1.82, 2.24) is 0 Å². The minimum Gasteiger partial charge on any atom is -0.466 e.